The molecule has 1 fully saturated rings. The van der Waals surface area contributed by atoms with E-state index in [1.807, 2.05) is 55.3 Å². The van der Waals surface area contributed by atoms with Gasteiger partial charge in [-0.2, -0.15) is 0 Å². The first-order valence-electron chi connectivity index (χ1n) is 10.3. The van der Waals surface area contributed by atoms with Crippen molar-refractivity contribution < 1.29 is 14.3 Å². The number of ether oxygens (including phenoxy) is 1. The fourth-order valence-electron chi connectivity index (χ4n) is 3.39. The number of hydrogen-bond donors (Lipinski definition) is 1. The molecule has 1 N–H and O–H groups in total. The van der Waals surface area contributed by atoms with Crippen molar-refractivity contribution in [1.29, 1.82) is 0 Å². The van der Waals surface area contributed by atoms with Crippen LogP contribution in [0.3, 0.4) is 0 Å². The predicted octanol–water partition coefficient (Wildman–Crippen LogP) is 3.81. The largest absolute Gasteiger partial charge is 0.487 e. The monoisotopic (exact) mass is 427 g/mol. The number of benzene rings is 1. The maximum absolute atomic E-state index is 12.7. The Labute approximate surface area is 182 Å². The molecular weight excluding hydrogens is 398 g/mol. The fraction of sp³-hybridized carbons (Fsp3) is 0.435. The smallest absolute Gasteiger partial charge is 0.245 e. The van der Waals surface area contributed by atoms with E-state index in [2.05, 4.69) is 10.3 Å². The second-order valence-corrected chi connectivity index (χ2v) is 8.84. The highest BCUT2D eigenvalue weighted by atomic mass is 32.1. The van der Waals surface area contributed by atoms with Gasteiger partial charge in [0.15, 0.2) is 0 Å². The number of likely N-dealkylation sites (tertiary alicyclic amines) is 1. The van der Waals surface area contributed by atoms with Crippen LogP contribution < -0.4 is 10.1 Å². The van der Waals surface area contributed by atoms with E-state index in [0.717, 1.165) is 42.2 Å². The van der Waals surface area contributed by atoms with Crippen LogP contribution in [0.15, 0.2) is 35.7 Å². The van der Waals surface area contributed by atoms with Crippen LogP contribution in [0.25, 0.3) is 6.08 Å². The Hall–Kier alpha value is -2.67. The maximum atomic E-state index is 12.7. The summed E-state index contributed by atoms with van der Waals surface area (Å²) in [4.78, 5) is 31.5. The molecule has 0 bridgehead atoms. The summed E-state index contributed by atoms with van der Waals surface area (Å²) in [5, 5.41) is 5.86. The Balaban J connectivity index is 1.62. The van der Waals surface area contributed by atoms with Gasteiger partial charge >= 0.3 is 0 Å². The standard InChI is InChI=1S/C23H29N3O3S/c1-16(2)22(23(28)26-12-6-7-13-26)25-21(27)11-10-18-8-4-5-9-20(18)29-14-19-15-30-17(3)24-19/h4-5,8-11,15-16,22H,6-7,12-14H2,1-3H3,(H,25,27)/b11-10+/t22-/m0/s1. The molecule has 6 nitrogen and oxygen atoms in total. The first kappa shape index (κ1) is 22.0. The van der Waals surface area contributed by atoms with Crippen LogP contribution in [0.4, 0.5) is 0 Å². The van der Waals surface area contributed by atoms with Gasteiger partial charge in [0.05, 0.1) is 10.7 Å². The molecule has 1 aromatic carbocycles. The minimum atomic E-state index is -0.514. The molecule has 0 saturated carbocycles. The second kappa shape index (κ2) is 10.4. The van der Waals surface area contributed by atoms with E-state index < -0.39 is 6.04 Å². The van der Waals surface area contributed by atoms with Crippen LogP contribution in [0, 0.1) is 12.8 Å². The number of thiazole rings is 1. The molecule has 3 rings (SSSR count). The third kappa shape index (κ3) is 5.92. The Bertz CT molecular complexity index is 901. The van der Waals surface area contributed by atoms with Crippen molar-refractivity contribution in [3.63, 3.8) is 0 Å². The molecule has 0 spiro atoms. The highest BCUT2D eigenvalue weighted by Gasteiger charge is 2.29. The van der Waals surface area contributed by atoms with Crippen molar-refractivity contribution in [2.24, 2.45) is 5.92 Å². The number of para-hydroxylation sites is 1. The third-order valence-electron chi connectivity index (χ3n) is 5.02. The number of carbonyl (C=O) groups is 2. The molecule has 2 amide bonds. The molecule has 1 aliphatic rings. The molecule has 2 heterocycles. The van der Waals surface area contributed by atoms with Gasteiger partial charge in [0.2, 0.25) is 11.8 Å². The van der Waals surface area contributed by atoms with Gasteiger partial charge < -0.3 is 15.0 Å². The van der Waals surface area contributed by atoms with Crippen molar-refractivity contribution >= 4 is 29.2 Å². The van der Waals surface area contributed by atoms with Crippen LogP contribution in [-0.4, -0.2) is 40.8 Å². The van der Waals surface area contributed by atoms with Crippen LogP contribution >= 0.6 is 11.3 Å². The Morgan fingerprint density at radius 2 is 2.00 bits per heavy atom. The zero-order chi connectivity index (χ0) is 21.5. The number of rotatable bonds is 8. The summed E-state index contributed by atoms with van der Waals surface area (Å²) in [6, 6.07) is 7.03. The number of amides is 2. The minimum Gasteiger partial charge on any atom is -0.487 e. The lowest BCUT2D eigenvalue weighted by molar-refractivity contribution is -0.135. The summed E-state index contributed by atoms with van der Waals surface area (Å²) in [5.41, 5.74) is 1.68. The van der Waals surface area contributed by atoms with Gasteiger partial charge in [-0.05, 0) is 37.8 Å². The SMILES string of the molecule is Cc1nc(COc2ccccc2/C=C/C(=O)N[C@H](C(=O)N2CCCC2)C(C)C)cs1. The van der Waals surface area contributed by atoms with Crippen molar-refractivity contribution in [2.75, 3.05) is 13.1 Å². The third-order valence-corrected chi connectivity index (χ3v) is 5.85. The summed E-state index contributed by atoms with van der Waals surface area (Å²) in [6.45, 7) is 7.79. The molecule has 2 aromatic rings. The average Bonchev–Trinajstić information content (AvgIpc) is 3.40. The summed E-state index contributed by atoms with van der Waals surface area (Å²) in [6.07, 6.45) is 5.24. The van der Waals surface area contributed by atoms with Gasteiger partial charge in [0.25, 0.3) is 0 Å². The number of nitrogens with zero attached hydrogens (tertiary/aromatic N) is 2. The number of aryl methyl sites for hydroxylation is 1. The highest BCUT2D eigenvalue weighted by Crippen LogP contribution is 2.21. The van der Waals surface area contributed by atoms with Gasteiger partial charge in [-0.15, -0.1) is 11.3 Å². The number of hydrogen-bond acceptors (Lipinski definition) is 5. The van der Waals surface area contributed by atoms with E-state index in [1.165, 1.54) is 6.08 Å². The number of nitrogens with one attached hydrogen (secondary N) is 1. The van der Waals surface area contributed by atoms with Crippen molar-refractivity contribution in [3.05, 3.63) is 52.0 Å². The molecule has 0 aliphatic carbocycles. The van der Waals surface area contributed by atoms with Gasteiger partial charge in [-0.3, -0.25) is 9.59 Å². The van der Waals surface area contributed by atoms with Gasteiger partial charge in [0.1, 0.15) is 18.4 Å². The molecule has 0 radical (unpaired) electrons. The zero-order valence-corrected chi connectivity index (χ0v) is 18.6. The van der Waals surface area contributed by atoms with E-state index in [9.17, 15) is 9.59 Å². The van der Waals surface area contributed by atoms with Gasteiger partial charge in [-0.25, -0.2) is 4.98 Å². The molecule has 0 unspecified atom stereocenters. The fourth-order valence-corrected chi connectivity index (χ4v) is 3.99. The quantitative estimate of drug-likeness (QED) is 0.651. The van der Waals surface area contributed by atoms with Gasteiger partial charge in [-0.1, -0.05) is 32.0 Å². The van der Waals surface area contributed by atoms with E-state index in [4.69, 9.17) is 4.74 Å². The average molecular weight is 428 g/mol. The van der Waals surface area contributed by atoms with Crippen molar-refractivity contribution in [1.82, 2.24) is 15.2 Å². The number of carbonyl (C=O) groups excluding carboxylic acids is 2. The second-order valence-electron chi connectivity index (χ2n) is 7.78. The molecule has 30 heavy (non-hydrogen) atoms. The summed E-state index contributed by atoms with van der Waals surface area (Å²) in [7, 11) is 0. The van der Waals surface area contributed by atoms with E-state index in [0.29, 0.717) is 12.4 Å². The molecular formula is C23H29N3O3S. The topological polar surface area (TPSA) is 71.5 Å². The highest BCUT2D eigenvalue weighted by molar-refractivity contribution is 7.09. The molecule has 7 heteroatoms. The summed E-state index contributed by atoms with van der Waals surface area (Å²) >= 11 is 1.59. The maximum Gasteiger partial charge on any atom is 0.245 e. The lowest BCUT2D eigenvalue weighted by atomic mass is 10.0. The molecule has 1 saturated heterocycles. The van der Waals surface area contributed by atoms with Gasteiger partial charge in [0, 0.05) is 30.1 Å². The molecule has 1 aromatic heterocycles. The van der Waals surface area contributed by atoms with E-state index >= 15 is 0 Å². The zero-order valence-electron chi connectivity index (χ0n) is 17.8. The molecule has 160 valence electrons. The Morgan fingerprint density at radius 3 is 2.67 bits per heavy atom. The first-order valence-corrected chi connectivity index (χ1v) is 11.2. The number of aromatic nitrogens is 1. The van der Waals surface area contributed by atoms with Crippen molar-refractivity contribution in [3.8, 4) is 5.75 Å². The van der Waals surface area contributed by atoms with Crippen LogP contribution in [0.1, 0.15) is 43.0 Å². The first-order chi connectivity index (χ1) is 14.4. The molecule has 1 atom stereocenters. The van der Waals surface area contributed by atoms with Crippen LogP contribution in [-0.2, 0) is 16.2 Å². The van der Waals surface area contributed by atoms with Crippen LogP contribution in [0.5, 0.6) is 5.75 Å². The summed E-state index contributed by atoms with van der Waals surface area (Å²) in [5.74, 6) is 0.422. The lowest BCUT2D eigenvalue weighted by Gasteiger charge is -2.26. The lowest BCUT2D eigenvalue weighted by Crippen LogP contribution is -2.50. The van der Waals surface area contributed by atoms with Crippen molar-refractivity contribution in [2.45, 2.75) is 46.3 Å². The summed E-state index contributed by atoms with van der Waals surface area (Å²) < 4.78 is 5.89. The molecule has 1 aliphatic heterocycles. The normalized spacial score (nSPS) is 15.0. The van der Waals surface area contributed by atoms with E-state index in [1.54, 1.807) is 17.4 Å². The van der Waals surface area contributed by atoms with E-state index in [-0.39, 0.29) is 17.7 Å². The Morgan fingerprint density at radius 1 is 1.27 bits per heavy atom. The predicted molar refractivity (Wildman–Crippen MR) is 119 cm³/mol. The Kier molecular flexibility index (Phi) is 7.63. The van der Waals surface area contributed by atoms with Crippen LogP contribution in [0.2, 0.25) is 0 Å². The minimum absolute atomic E-state index is 0.00606.